The van der Waals surface area contributed by atoms with Crippen LogP contribution in [0.4, 0.5) is 5.69 Å². The standard InChI is InChI=1S/C17H15N3O3S2/c21-16(22)7-12-17(23)25(14-8-18-6-5-11(14)19-12)9-15-20-10-3-1-2-4-13(10)24-15/h1-6,8,12,19,25H,7,9H2,(H,21,22). The quantitative estimate of drug-likeness (QED) is 0.609. The zero-order chi connectivity index (χ0) is 17.4. The Hall–Kier alpha value is -2.45. The number of aliphatic carboxylic acids is 1. The second-order valence-corrected chi connectivity index (χ2v) is 8.90. The predicted molar refractivity (Wildman–Crippen MR) is 99.5 cm³/mol. The van der Waals surface area contributed by atoms with Crippen LogP contribution in [-0.4, -0.2) is 32.2 Å². The highest BCUT2D eigenvalue weighted by Crippen LogP contribution is 2.49. The lowest BCUT2D eigenvalue weighted by molar-refractivity contribution is -0.138. The van der Waals surface area contributed by atoms with Crippen molar-refractivity contribution in [3.05, 3.63) is 47.7 Å². The molecule has 0 bridgehead atoms. The fourth-order valence-electron chi connectivity index (χ4n) is 2.88. The first-order valence-electron chi connectivity index (χ1n) is 7.70. The zero-order valence-corrected chi connectivity index (χ0v) is 14.8. The van der Waals surface area contributed by atoms with Crippen LogP contribution in [0.3, 0.4) is 0 Å². The number of hydrogen-bond donors (Lipinski definition) is 3. The van der Waals surface area contributed by atoms with Crippen LogP contribution in [0.1, 0.15) is 11.4 Å². The Balaban J connectivity index is 1.70. The lowest BCUT2D eigenvalue weighted by Gasteiger charge is -2.32. The Morgan fingerprint density at radius 1 is 1.32 bits per heavy atom. The number of carbonyl (C=O) groups is 2. The van der Waals surface area contributed by atoms with Crippen LogP contribution in [0.5, 0.6) is 0 Å². The summed E-state index contributed by atoms with van der Waals surface area (Å²) in [5, 5.41) is 13.0. The van der Waals surface area contributed by atoms with Crippen molar-refractivity contribution in [3.63, 3.8) is 0 Å². The molecule has 2 unspecified atom stereocenters. The molecular formula is C17H15N3O3S2. The first-order valence-corrected chi connectivity index (χ1v) is 10.0. The summed E-state index contributed by atoms with van der Waals surface area (Å²) in [7, 11) is -1.21. The molecule has 2 atom stereocenters. The molecule has 3 heterocycles. The molecule has 1 aromatic carbocycles. The van der Waals surface area contributed by atoms with E-state index in [9.17, 15) is 9.59 Å². The molecule has 2 N–H and O–H groups in total. The van der Waals surface area contributed by atoms with Gasteiger partial charge in [-0.05, 0) is 18.2 Å². The number of nitrogens with zero attached hydrogens (tertiary/aromatic N) is 2. The third-order valence-electron chi connectivity index (χ3n) is 3.99. The van der Waals surface area contributed by atoms with E-state index in [-0.39, 0.29) is 11.5 Å². The molecule has 0 aliphatic carbocycles. The van der Waals surface area contributed by atoms with Crippen LogP contribution in [0, 0.1) is 0 Å². The molecule has 25 heavy (non-hydrogen) atoms. The number of benzene rings is 1. The van der Waals surface area contributed by atoms with Gasteiger partial charge in [-0.25, -0.2) is 4.98 Å². The second-order valence-electron chi connectivity index (χ2n) is 5.69. The third kappa shape index (κ3) is 3.10. The highest BCUT2D eigenvalue weighted by molar-refractivity contribution is 8.29. The summed E-state index contributed by atoms with van der Waals surface area (Å²) in [6, 6.07) is 8.96. The molecule has 0 saturated heterocycles. The van der Waals surface area contributed by atoms with Gasteiger partial charge in [0.1, 0.15) is 11.0 Å². The number of pyridine rings is 1. The first-order chi connectivity index (χ1) is 12.1. The van der Waals surface area contributed by atoms with E-state index in [1.54, 1.807) is 29.8 Å². The van der Waals surface area contributed by atoms with Crippen molar-refractivity contribution in [3.8, 4) is 0 Å². The van der Waals surface area contributed by atoms with Crippen LogP contribution < -0.4 is 5.32 Å². The number of thiazole rings is 1. The van der Waals surface area contributed by atoms with E-state index in [1.807, 2.05) is 24.3 Å². The van der Waals surface area contributed by atoms with Gasteiger partial charge in [0.05, 0.1) is 22.3 Å². The average Bonchev–Trinajstić information content (AvgIpc) is 3.00. The summed E-state index contributed by atoms with van der Waals surface area (Å²) < 4.78 is 1.09. The molecule has 1 aliphatic rings. The molecule has 6 nitrogen and oxygen atoms in total. The largest absolute Gasteiger partial charge is 0.481 e. The molecule has 2 aromatic heterocycles. The molecule has 1 aliphatic heterocycles. The maximum Gasteiger partial charge on any atom is 0.305 e. The summed E-state index contributed by atoms with van der Waals surface area (Å²) in [5.41, 5.74) is 1.72. The first kappa shape index (κ1) is 16.0. The Bertz CT molecular complexity index is 939. The van der Waals surface area contributed by atoms with Gasteiger partial charge >= 0.3 is 5.97 Å². The van der Waals surface area contributed by atoms with Crippen LogP contribution >= 0.6 is 22.2 Å². The number of anilines is 1. The normalized spacial score (nSPS) is 20.9. The van der Waals surface area contributed by atoms with Crippen molar-refractivity contribution in [1.29, 1.82) is 0 Å². The summed E-state index contributed by atoms with van der Waals surface area (Å²) in [6.45, 7) is 0. The van der Waals surface area contributed by atoms with E-state index in [0.717, 1.165) is 25.8 Å². The van der Waals surface area contributed by atoms with Crippen LogP contribution in [0.25, 0.3) is 10.2 Å². The van der Waals surface area contributed by atoms with Crippen LogP contribution in [0.15, 0.2) is 47.6 Å². The number of aromatic nitrogens is 2. The Morgan fingerprint density at radius 2 is 2.16 bits per heavy atom. The van der Waals surface area contributed by atoms with Crippen molar-refractivity contribution in [2.45, 2.75) is 23.1 Å². The van der Waals surface area contributed by atoms with Gasteiger partial charge in [0, 0.05) is 23.0 Å². The van der Waals surface area contributed by atoms with Crippen LogP contribution in [-0.2, 0) is 15.3 Å². The lowest BCUT2D eigenvalue weighted by atomic mass is 10.2. The minimum absolute atomic E-state index is 0.0582. The average molecular weight is 373 g/mol. The van der Waals surface area contributed by atoms with E-state index in [1.165, 1.54) is 0 Å². The van der Waals surface area contributed by atoms with Gasteiger partial charge in [0.15, 0.2) is 5.12 Å². The number of fused-ring (bicyclic) bond motifs is 2. The Kier molecular flexibility index (Phi) is 4.14. The van der Waals surface area contributed by atoms with Crippen molar-refractivity contribution in [2.75, 3.05) is 5.32 Å². The molecule has 0 amide bonds. The zero-order valence-electron chi connectivity index (χ0n) is 13.0. The summed E-state index contributed by atoms with van der Waals surface area (Å²) in [6.07, 6.45) is 3.13. The number of hydrogen-bond acceptors (Lipinski definition) is 6. The second kappa shape index (κ2) is 6.45. The van der Waals surface area contributed by atoms with Gasteiger partial charge in [-0.2, -0.15) is 10.9 Å². The van der Waals surface area contributed by atoms with Gasteiger partial charge in [0.25, 0.3) is 0 Å². The molecule has 3 aromatic rings. The highest BCUT2D eigenvalue weighted by Gasteiger charge is 2.34. The number of thiol groups is 1. The maximum atomic E-state index is 12.9. The third-order valence-corrected chi connectivity index (χ3v) is 7.64. The number of carboxylic acid groups (broad SMARTS) is 1. The molecule has 0 fully saturated rings. The van der Waals surface area contributed by atoms with Crippen molar-refractivity contribution >= 4 is 49.2 Å². The van der Waals surface area contributed by atoms with E-state index >= 15 is 0 Å². The summed E-state index contributed by atoms with van der Waals surface area (Å²) in [4.78, 5) is 33.6. The molecular weight excluding hydrogens is 358 g/mol. The highest BCUT2D eigenvalue weighted by atomic mass is 32.2. The Morgan fingerprint density at radius 3 is 2.96 bits per heavy atom. The molecule has 4 rings (SSSR count). The fourth-order valence-corrected chi connectivity index (χ4v) is 6.36. The fraction of sp³-hybridized carbons (Fsp3) is 0.176. The monoisotopic (exact) mass is 373 g/mol. The van der Waals surface area contributed by atoms with Gasteiger partial charge in [0.2, 0.25) is 0 Å². The van der Waals surface area contributed by atoms with Gasteiger partial charge < -0.3 is 10.4 Å². The topological polar surface area (TPSA) is 92.2 Å². The maximum absolute atomic E-state index is 12.9. The number of carbonyl (C=O) groups excluding carboxylic acids is 1. The number of para-hydroxylation sites is 1. The van der Waals surface area contributed by atoms with Gasteiger partial charge in [-0.15, -0.1) is 11.3 Å². The van der Waals surface area contributed by atoms with E-state index < -0.39 is 22.9 Å². The number of carboxylic acids is 1. The van der Waals surface area contributed by atoms with Crippen LogP contribution in [0.2, 0.25) is 0 Å². The van der Waals surface area contributed by atoms with Gasteiger partial charge in [-0.1, -0.05) is 12.1 Å². The summed E-state index contributed by atoms with van der Waals surface area (Å²) in [5.74, 6) is -0.470. The smallest absolute Gasteiger partial charge is 0.305 e. The molecule has 128 valence electrons. The Labute approximate surface area is 150 Å². The summed E-state index contributed by atoms with van der Waals surface area (Å²) >= 11 is 1.58. The van der Waals surface area contributed by atoms with E-state index in [0.29, 0.717) is 5.75 Å². The molecule has 0 spiro atoms. The molecule has 8 heteroatoms. The lowest BCUT2D eigenvalue weighted by Crippen LogP contribution is -2.35. The predicted octanol–water partition coefficient (Wildman–Crippen LogP) is 3.05. The van der Waals surface area contributed by atoms with E-state index in [2.05, 4.69) is 15.3 Å². The minimum atomic E-state index is -1.21. The number of rotatable bonds is 4. The minimum Gasteiger partial charge on any atom is -0.481 e. The molecule has 0 radical (unpaired) electrons. The molecule has 0 saturated carbocycles. The van der Waals surface area contributed by atoms with E-state index in [4.69, 9.17) is 5.11 Å². The van der Waals surface area contributed by atoms with Crippen molar-refractivity contribution in [1.82, 2.24) is 9.97 Å². The number of nitrogens with one attached hydrogen (secondary N) is 1. The van der Waals surface area contributed by atoms with Crippen molar-refractivity contribution in [2.24, 2.45) is 0 Å². The van der Waals surface area contributed by atoms with Crippen molar-refractivity contribution < 1.29 is 14.7 Å². The SMILES string of the molecule is O=C(O)CC1Nc2ccncc2[SH](Cc2nc3ccccc3s2)C1=O. The van der Waals surface area contributed by atoms with Gasteiger partial charge in [-0.3, -0.25) is 14.6 Å².